The molecule has 0 spiro atoms. The topological polar surface area (TPSA) is 64.6 Å². The van der Waals surface area contributed by atoms with Crippen LogP contribution in [0.5, 0.6) is 11.5 Å². The monoisotopic (exact) mass is 357 g/mol. The summed E-state index contributed by atoms with van der Waals surface area (Å²) in [5, 5.41) is 2.80. The highest BCUT2D eigenvalue weighted by Gasteiger charge is 2.13. The van der Waals surface area contributed by atoms with Crippen LogP contribution in [0.25, 0.3) is 0 Å². The lowest BCUT2D eigenvalue weighted by Crippen LogP contribution is -2.16. The fourth-order valence-electron chi connectivity index (χ4n) is 2.47. The molecule has 130 valence electrons. The van der Waals surface area contributed by atoms with E-state index in [4.69, 9.17) is 9.47 Å². The number of thioether (sulfide) groups is 1. The molecule has 0 fully saturated rings. The lowest BCUT2D eigenvalue weighted by atomic mass is 10.1. The van der Waals surface area contributed by atoms with Gasteiger partial charge in [-0.25, -0.2) is 0 Å². The summed E-state index contributed by atoms with van der Waals surface area (Å²) >= 11 is 1.41. The Morgan fingerprint density at radius 2 is 1.84 bits per heavy atom. The summed E-state index contributed by atoms with van der Waals surface area (Å²) < 4.78 is 11.3. The summed E-state index contributed by atoms with van der Waals surface area (Å²) in [6.07, 6.45) is 0.856. The van der Waals surface area contributed by atoms with E-state index in [9.17, 15) is 9.59 Å². The molecule has 1 aliphatic heterocycles. The van der Waals surface area contributed by atoms with Crippen LogP contribution in [0.1, 0.15) is 23.7 Å². The minimum absolute atomic E-state index is 0.0774. The summed E-state index contributed by atoms with van der Waals surface area (Å²) in [6.45, 7) is 2.76. The average Bonchev–Trinajstić information content (AvgIpc) is 2.85. The molecule has 0 aromatic heterocycles. The third-order valence-corrected chi connectivity index (χ3v) is 4.66. The molecule has 2 aromatic carbocycles. The van der Waals surface area contributed by atoms with E-state index in [1.807, 2.05) is 18.2 Å². The summed E-state index contributed by atoms with van der Waals surface area (Å²) in [5.41, 5.74) is 1.05. The minimum Gasteiger partial charge on any atom is -0.490 e. The Hall–Kier alpha value is -2.47. The van der Waals surface area contributed by atoms with Crippen molar-refractivity contribution in [1.82, 2.24) is 0 Å². The van der Waals surface area contributed by atoms with Gasteiger partial charge in [0.15, 0.2) is 17.3 Å². The molecule has 3 rings (SSSR count). The number of ether oxygens (including phenoxy) is 2. The van der Waals surface area contributed by atoms with Crippen LogP contribution in [0.2, 0.25) is 0 Å². The van der Waals surface area contributed by atoms with E-state index < -0.39 is 0 Å². The zero-order valence-corrected chi connectivity index (χ0v) is 14.7. The van der Waals surface area contributed by atoms with Gasteiger partial charge in [0.2, 0.25) is 5.91 Å². The van der Waals surface area contributed by atoms with Gasteiger partial charge in [0, 0.05) is 16.9 Å². The second-order valence-corrected chi connectivity index (χ2v) is 6.65. The predicted octanol–water partition coefficient (Wildman–Crippen LogP) is 3.78. The van der Waals surface area contributed by atoms with E-state index in [-0.39, 0.29) is 17.4 Å². The molecule has 0 radical (unpaired) electrons. The fourth-order valence-corrected chi connectivity index (χ4v) is 3.19. The van der Waals surface area contributed by atoms with Crippen LogP contribution >= 0.6 is 11.8 Å². The highest BCUT2D eigenvalue weighted by molar-refractivity contribution is 8.00. The number of hydrogen-bond donors (Lipinski definition) is 1. The quantitative estimate of drug-likeness (QED) is 0.652. The van der Waals surface area contributed by atoms with Gasteiger partial charge in [-0.3, -0.25) is 9.59 Å². The van der Waals surface area contributed by atoms with E-state index in [0.717, 1.165) is 17.1 Å². The number of carbonyl (C=O) groups is 2. The Morgan fingerprint density at radius 1 is 1.08 bits per heavy atom. The molecule has 0 saturated heterocycles. The number of ketones is 1. The van der Waals surface area contributed by atoms with Crippen molar-refractivity contribution in [2.75, 3.05) is 24.3 Å². The molecule has 0 saturated carbocycles. The van der Waals surface area contributed by atoms with Crippen molar-refractivity contribution in [3.05, 3.63) is 48.0 Å². The maximum absolute atomic E-state index is 12.2. The zero-order chi connectivity index (χ0) is 17.6. The molecule has 5 nitrogen and oxygen atoms in total. The smallest absolute Gasteiger partial charge is 0.234 e. The number of para-hydroxylation sites is 1. The molecule has 0 unspecified atom stereocenters. The van der Waals surface area contributed by atoms with Gasteiger partial charge >= 0.3 is 0 Å². The van der Waals surface area contributed by atoms with Gasteiger partial charge in [0.05, 0.1) is 24.7 Å². The van der Waals surface area contributed by atoms with Crippen LogP contribution in [0.15, 0.2) is 47.4 Å². The van der Waals surface area contributed by atoms with Gasteiger partial charge in [-0.1, -0.05) is 12.1 Å². The van der Waals surface area contributed by atoms with Crippen molar-refractivity contribution in [3.8, 4) is 11.5 Å². The Bertz CT molecular complexity index is 791. The number of rotatable bonds is 5. The number of anilines is 1. The van der Waals surface area contributed by atoms with Crippen molar-refractivity contribution in [3.63, 3.8) is 0 Å². The van der Waals surface area contributed by atoms with Gasteiger partial charge in [-0.15, -0.1) is 11.8 Å². The number of amides is 1. The lowest BCUT2D eigenvalue weighted by Gasteiger charge is -2.10. The molecule has 6 heteroatoms. The molecule has 1 aliphatic rings. The summed E-state index contributed by atoms with van der Waals surface area (Å²) in [6, 6.07) is 12.7. The molecule has 1 heterocycles. The number of fused-ring (bicyclic) bond motifs is 1. The highest BCUT2D eigenvalue weighted by atomic mass is 32.2. The van der Waals surface area contributed by atoms with E-state index in [1.54, 1.807) is 24.3 Å². The van der Waals surface area contributed by atoms with Crippen molar-refractivity contribution in [2.24, 2.45) is 0 Å². The molecular weight excluding hydrogens is 338 g/mol. The Morgan fingerprint density at radius 3 is 2.64 bits per heavy atom. The van der Waals surface area contributed by atoms with E-state index >= 15 is 0 Å². The molecule has 25 heavy (non-hydrogen) atoms. The lowest BCUT2D eigenvalue weighted by molar-refractivity contribution is -0.113. The van der Waals surface area contributed by atoms with Crippen molar-refractivity contribution in [1.29, 1.82) is 0 Å². The van der Waals surface area contributed by atoms with E-state index in [2.05, 4.69) is 5.32 Å². The third kappa shape index (κ3) is 4.54. The second kappa shape index (κ2) is 8.07. The minimum atomic E-state index is -0.161. The van der Waals surface area contributed by atoms with E-state index in [0.29, 0.717) is 30.2 Å². The van der Waals surface area contributed by atoms with Crippen LogP contribution < -0.4 is 14.8 Å². The molecule has 0 bridgehead atoms. The molecule has 0 aliphatic carbocycles. The first kappa shape index (κ1) is 17.4. The van der Waals surface area contributed by atoms with Crippen LogP contribution in [-0.4, -0.2) is 30.7 Å². The molecule has 0 atom stereocenters. The molecule has 1 N–H and O–H groups in total. The molecule has 1 amide bonds. The van der Waals surface area contributed by atoms with Crippen LogP contribution in [0.4, 0.5) is 5.69 Å². The van der Waals surface area contributed by atoms with Crippen LogP contribution in [0, 0.1) is 0 Å². The Balaban J connectivity index is 1.61. The summed E-state index contributed by atoms with van der Waals surface area (Å²) in [4.78, 5) is 24.7. The molecular formula is C19H19NO4S. The first-order valence-corrected chi connectivity index (χ1v) is 9.04. The molecule has 2 aromatic rings. The third-order valence-electron chi connectivity index (χ3n) is 3.67. The van der Waals surface area contributed by atoms with E-state index in [1.165, 1.54) is 18.7 Å². The van der Waals surface area contributed by atoms with Crippen molar-refractivity contribution in [2.45, 2.75) is 18.2 Å². The zero-order valence-electron chi connectivity index (χ0n) is 13.9. The van der Waals surface area contributed by atoms with Gasteiger partial charge in [-0.05, 0) is 37.3 Å². The average molecular weight is 357 g/mol. The Kier molecular flexibility index (Phi) is 5.60. The fraction of sp³-hybridized carbons (Fsp3) is 0.263. The highest BCUT2D eigenvalue weighted by Crippen LogP contribution is 2.33. The summed E-state index contributed by atoms with van der Waals surface area (Å²) in [7, 11) is 0. The number of hydrogen-bond acceptors (Lipinski definition) is 5. The SMILES string of the molecule is CC(=O)c1ccccc1NC(=O)CSc1ccc2c(c1)OCCCO2. The Labute approximate surface area is 150 Å². The maximum Gasteiger partial charge on any atom is 0.234 e. The number of carbonyl (C=O) groups excluding carboxylic acids is 2. The van der Waals surface area contributed by atoms with Gasteiger partial charge < -0.3 is 14.8 Å². The van der Waals surface area contributed by atoms with Gasteiger partial charge in [-0.2, -0.15) is 0 Å². The van der Waals surface area contributed by atoms with Crippen LogP contribution in [0.3, 0.4) is 0 Å². The standard InChI is InChI=1S/C19H19NO4S/c1-13(21)15-5-2-3-6-16(15)20-19(22)12-25-14-7-8-17-18(11-14)24-10-4-9-23-17/h2-3,5-8,11H,4,9-10,12H2,1H3,(H,20,22). The van der Waals surface area contributed by atoms with Gasteiger partial charge in [0.25, 0.3) is 0 Å². The van der Waals surface area contributed by atoms with Crippen molar-refractivity contribution >= 4 is 29.1 Å². The van der Waals surface area contributed by atoms with Crippen LogP contribution in [-0.2, 0) is 4.79 Å². The summed E-state index contributed by atoms with van der Waals surface area (Å²) in [5.74, 6) is 1.45. The number of benzene rings is 2. The first-order chi connectivity index (χ1) is 12.1. The normalized spacial score (nSPS) is 13.0. The van der Waals surface area contributed by atoms with Crippen molar-refractivity contribution < 1.29 is 19.1 Å². The van der Waals surface area contributed by atoms with Gasteiger partial charge in [0.1, 0.15) is 0 Å². The maximum atomic E-state index is 12.2. The largest absolute Gasteiger partial charge is 0.490 e. The first-order valence-electron chi connectivity index (χ1n) is 8.06. The number of Topliss-reactive ketones (excluding diaryl/α,β-unsaturated/α-hetero) is 1. The predicted molar refractivity (Wildman–Crippen MR) is 97.8 cm³/mol. The number of nitrogens with one attached hydrogen (secondary N) is 1. The second-order valence-electron chi connectivity index (χ2n) is 5.60.